The Hall–Kier alpha value is -3.89. The number of hydrogen-bond donors (Lipinski definition) is 3. The normalized spacial score (nSPS) is 20.0. The number of rotatable bonds is 5. The van der Waals surface area contributed by atoms with Crippen molar-refractivity contribution in [3.63, 3.8) is 0 Å². The lowest BCUT2D eigenvalue weighted by molar-refractivity contribution is 0.0736. The van der Waals surface area contributed by atoms with Crippen molar-refractivity contribution in [3.8, 4) is 22.5 Å². The fourth-order valence-electron chi connectivity index (χ4n) is 5.24. The van der Waals surface area contributed by atoms with Gasteiger partial charge in [0, 0.05) is 50.0 Å². The van der Waals surface area contributed by atoms with Crippen molar-refractivity contribution in [1.82, 2.24) is 29.6 Å². The molecule has 196 valence electrons. The maximum Gasteiger partial charge on any atom is 0.253 e. The minimum Gasteiger partial charge on any atom is -0.351 e. The molecule has 4 N–H and O–H groups in total. The smallest absolute Gasteiger partial charge is 0.253 e. The van der Waals surface area contributed by atoms with Crippen LogP contribution in [0.3, 0.4) is 0 Å². The van der Waals surface area contributed by atoms with E-state index in [-0.39, 0.29) is 23.7 Å². The molecule has 2 aliphatic rings. The van der Waals surface area contributed by atoms with E-state index in [9.17, 15) is 9.18 Å². The summed E-state index contributed by atoms with van der Waals surface area (Å²) in [6, 6.07) is 11.9. The number of anilines is 1. The van der Waals surface area contributed by atoms with Gasteiger partial charge in [-0.25, -0.2) is 19.3 Å². The lowest BCUT2D eigenvalue weighted by atomic mass is 9.92. The van der Waals surface area contributed by atoms with E-state index in [2.05, 4.69) is 25.6 Å². The van der Waals surface area contributed by atoms with Gasteiger partial charge >= 0.3 is 0 Å². The van der Waals surface area contributed by atoms with Gasteiger partial charge in [0.1, 0.15) is 11.3 Å². The molecule has 1 saturated carbocycles. The van der Waals surface area contributed by atoms with Crippen LogP contribution in [0, 0.1) is 5.82 Å². The third kappa shape index (κ3) is 4.97. The van der Waals surface area contributed by atoms with Gasteiger partial charge in [0.2, 0.25) is 5.95 Å². The Morgan fingerprint density at radius 3 is 2.47 bits per heavy atom. The molecular formula is C28H31FN8O. The number of halogens is 1. The van der Waals surface area contributed by atoms with E-state index in [1.807, 2.05) is 51.9 Å². The molecule has 4 aromatic rings. The highest BCUT2D eigenvalue weighted by Gasteiger charge is 2.21. The Morgan fingerprint density at radius 2 is 1.71 bits per heavy atom. The van der Waals surface area contributed by atoms with E-state index in [0.717, 1.165) is 49.9 Å². The predicted octanol–water partition coefficient (Wildman–Crippen LogP) is 3.32. The van der Waals surface area contributed by atoms with Crippen molar-refractivity contribution in [2.45, 2.75) is 37.8 Å². The number of aromatic nitrogens is 4. The first-order valence-electron chi connectivity index (χ1n) is 13.2. The summed E-state index contributed by atoms with van der Waals surface area (Å²) in [5.41, 5.74) is 9.98. The van der Waals surface area contributed by atoms with E-state index < -0.39 is 5.82 Å². The highest BCUT2D eigenvalue weighted by Crippen LogP contribution is 2.27. The lowest BCUT2D eigenvalue weighted by Gasteiger charge is -2.27. The molecule has 1 aliphatic heterocycles. The average Bonchev–Trinajstić information content (AvgIpc) is 3.38. The van der Waals surface area contributed by atoms with Crippen LogP contribution >= 0.6 is 0 Å². The van der Waals surface area contributed by atoms with Crippen LogP contribution in [0.1, 0.15) is 36.0 Å². The first-order chi connectivity index (χ1) is 18.5. The number of nitrogens with one attached hydrogen (secondary N) is 2. The standard InChI is InChI=1S/C28H31FN8O/c29-23-15-33-28(34-22-8-6-21(30)7-9-22)35-26(23)24-16-32-25-10-5-20(17-37(24)25)18-1-3-19(4-2-18)27(38)36-13-11-31-12-14-36/h1-5,10,15-17,21-22,31H,6-9,11-14,30H2,(H,33,34,35)/t21-,22-. The van der Waals surface area contributed by atoms with Crippen LogP contribution in [0.4, 0.5) is 10.3 Å². The van der Waals surface area contributed by atoms with Crippen molar-refractivity contribution in [3.05, 3.63) is 66.4 Å². The van der Waals surface area contributed by atoms with Gasteiger partial charge < -0.3 is 21.3 Å². The molecule has 0 bridgehead atoms. The summed E-state index contributed by atoms with van der Waals surface area (Å²) in [5.74, 6) is -0.0629. The summed E-state index contributed by atoms with van der Waals surface area (Å²) in [4.78, 5) is 27.8. The molecule has 1 saturated heterocycles. The van der Waals surface area contributed by atoms with Crippen LogP contribution in [-0.2, 0) is 0 Å². The third-order valence-electron chi connectivity index (χ3n) is 7.47. The van der Waals surface area contributed by atoms with E-state index in [1.165, 1.54) is 6.20 Å². The Morgan fingerprint density at radius 1 is 0.974 bits per heavy atom. The van der Waals surface area contributed by atoms with E-state index in [1.54, 1.807) is 6.20 Å². The van der Waals surface area contributed by atoms with Gasteiger partial charge in [-0.05, 0) is 61.1 Å². The number of piperazine rings is 1. The summed E-state index contributed by atoms with van der Waals surface area (Å²) in [7, 11) is 0. The molecule has 0 radical (unpaired) electrons. The molecule has 1 amide bonds. The van der Waals surface area contributed by atoms with E-state index >= 15 is 0 Å². The van der Waals surface area contributed by atoms with Crippen LogP contribution in [-0.4, -0.2) is 68.4 Å². The minimum absolute atomic E-state index is 0.0464. The Balaban J connectivity index is 1.26. The number of nitrogens with zero attached hydrogens (tertiary/aromatic N) is 5. The molecule has 1 aliphatic carbocycles. The molecule has 0 unspecified atom stereocenters. The minimum atomic E-state index is -0.510. The maximum absolute atomic E-state index is 14.9. The second-order valence-electron chi connectivity index (χ2n) is 10.1. The lowest BCUT2D eigenvalue weighted by Crippen LogP contribution is -2.46. The van der Waals surface area contributed by atoms with E-state index in [0.29, 0.717) is 35.9 Å². The number of carbonyl (C=O) groups excluding carboxylic acids is 1. The largest absolute Gasteiger partial charge is 0.351 e. The molecule has 1 aromatic carbocycles. The summed E-state index contributed by atoms with van der Waals surface area (Å²) in [6.07, 6.45) is 8.53. The fourth-order valence-corrected chi connectivity index (χ4v) is 5.24. The molecule has 3 aromatic heterocycles. The summed E-state index contributed by atoms with van der Waals surface area (Å²) in [5, 5.41) is 6.61. The monoisotopic (exact) mass is 514 g/mol. The summed E-state index contributed by atoms with van der Waals surface area (Å²) >= 11 is 0. The van der Waals surface area contributed by atoms with Crippen LogP contribution in [0.25, 0.3) is 28.2 Å². The molecule has 10 heteroatoms. The highest BCUT2D eigenvalue weighted by molar-refractivity contribution is 5.94. The predicted molar refractivity (Wildman–Crippen MR) is 144 cm³/mol. The van der Waals surface area contributed by atoms with Crippen LogP contribution < -0.4 is 16.4 Å². The number of fused-ring (bicyclic) bond motifs is 1. The number of hydrogen-bond acceptors (Lipinski definition) is 7. The van der Waals surface area contributed by atoms with Crippen molar-refractivity contribution >= 4 is 17.5 Å². The van der Waals surface area contributed by atoms with Gasteiger partial charge in [-0.1, -0.05) is 12.1 Å². The zero-order valence-electron chi connectivity index (χ0n) is 21.1. The molecule has 6 rings (SSSR count). The molecule has 0 spiro atoms. The Kier molecular flexibility index (Phi) is 6.73. The van der Waals surface area contributed by atoms with Crippen molar-refractivity contribution < 1.29 is 9.18 Å². The van der Waals surface area contributed by atoms with Crippen LogP contribution in [0.2, 0.25) is 0 Å². The topological polar surface area (TPSA) is 113 Å². The van der Waals surface area contributed by atoms with Gasteiger partial charge in [0.05, 0.1) is 18.1 Å². The third-order valence-corrected chi connectivity index (χ3v) is 7.47. The number of nitrogens with two attached hydrogens (primary N) is 1. The summed E-state index contributed by atoms with van der Waals surface area (Å²) in [6.45, 7) is 3.06. The number of pyridine rings is 1. The summed E-state index contributed by atoms with van der Waals surface area (Å²) < 4.78 is 16.8. The van der Waals surface area contributed by atoms with Crippen molar-refractivity contribution in [1.29, 1.82) is 0 Å². The van der Waals surface area contributed by atoms with Crippen molar-refractivity contribution in [2.24, 2.45) is 5.73 Å². The number of imidazole rings is 1. The van der Waals surface area contributed by atoms with Crippen LogP contribution in [0.5, 0.6) is 0 Å². The van der Waals surface area contributed by atoms with Gasteiger partial charge in [0.15, 0.2) is 5.82 Å². The second-order valence-corrected chi connectivity index (χ2v) is 10.1. The van der Waals surface area contributed by atoms with E-state index in [4.69, 9.17) is 5.73 Å². The van der Waals surface area contributed by atoms with Gasteiger partial charge in [-0.2, -0.15) is 0 Å². The molecular weight excluding hydrogens is 483 g/mol. The van der Waals surface area contributed by atoms with Gasteiger partial charge in [-0.15, -0.1) is 0 Å². The molecule has 38 heavy (non-hydrogen) atoms. The first-order valence-corrected chi connectivity index (χ1v) is 13.2. The maximum atomic E-state index is 14.9. The SMILES string of the molecule is N[C@H]1CC[C@H](Nc2ncc(F)c(-c3cnc4ccc(-c5ccc(C(=O)N6CCNCC6)cc5)cn34)n2)CC1. The zero-order chi connectivity index (χ0) is 26.1. The number of carbonyl (C=O) groups is 1. The Bertz CT molecular complexity index is 1440. The number of amides is 1. The first kappa shape index (κ1) is 24.4. The van der Waals surface area contributed by atoms with Crippen LogP contribution in [0.15, 0.2) is 55.0 Å². The van der Waals surface area contributed by atoms with Gasteiger partial charge in [0.25, 0.3) is 5.91 Å². The molecule has 4 heterocycles. The Labute approximate surface area is 220 Å². The molecule has 0 atom stereocenters. The van der Waals surface area contributed by atoms with Crippen molar-refractivity contribution in [2.75, 3.05) is 31.5 Å². The highest BCUT2D eigenvalue weighted by atomic mass is 19.1. The molecule has 2 fully saturated rings. The zero-order valence-corrected chi connectivity index (χ0v) is 21.1. The number of benzene rings is 1. The quantitative estimate of drug-likeness (QED) is 0.374. The molecule has 9 nitrogen and oxygen atoms in total. The van der Waals surface area contributed by atoms with Gasteiger partial charge in [-0.3, -0.25) is 9.20 Å². The fraction of sp³-hybridized carbons (Fsp3) is 0.357. The second kappa shape index (κ2) is 10.5. The average molecular weight is 515 g/mol.